The van der Waals surface area contributed by atoms with Gasteiger partial charge < -0.3 is 4.99 Å². The van der Waals surface area contributed by atoms with E-state index in [0.717, 1.165) is 12.8 Å². The lowest BCUT2D eigenvalue weighted by molar-refractivity contribution is 1.15. The third-order valence-corrected chi connectivity index (χ3v) is 1.23. The summed E-state index contributed by atoms with van der Waals surface area (Å²) in [5.74, 6) is 0. The van der Waals surface area contributed by atoms with Crippen molar-refractivity contribution in [2.75, 3.05) is 7.05 Å². The normalized spacial score (nSPS) is 11.4. The Kier molecular flexibility index (Phi) is 5.74. The molecule has 0 heterocycles. The van der Waals surface area contributed by atoms with Crippen LogP contribution < -0.4 is 0 Å². The molecular formula is C9H15N. The Bertz CT molecular complexity index is 143. The van der Waals surface area contributed by atoms with Crippen molar-refractivity contribution in [2.45, 2.75) is 19.8 Å². The van der Waals surface area contributed by atoms with Crippen LogP contribution in [0.15, 0.2) is 29.3 Å². The van der Waals surface area contributed by atoms with Crippen LogP contribution in [0.5, 0.6) is 0 Å². The van der Waals surface area contributed by atoms with Gasteiger partial charge in [-0.05, 0) is 6.42 Å². The van der Waals surface area contributed by atoms with Crippen molar-refractivity contribution in [3.8, 4) is 0 Å². The number of allylic oxidation sites excluding steroid dienone is 3. The Hall–Kier alpha value is -0.850. The summed E-state index contributed by atoms with van der Waals surface area (Å²) in [5.41, 5.74) is 1.17. The Morgan fingerprint density at radius 2 is 2.30 bits per heavy atom. The van der Waals surface area contributed by atoms with Gasteiger partial charge in [0.1, 0.15) is 0 Å². The molecule has 0 saturated carbocycles. The van der Waals surface area contributed by atoms with Crippen molar-refractivity contribution >= 4 is 6.21 Å². The van der Waals surface area contributed by atoms with Crippen LogP contribution in [-0.4, -0.2) is 13.3 Å². The molecule has 0 fully saturated rings. The second kappa shape index (κ2) is 6.27. The van der Waals surface area contributed by atoms with Gasteiger partial charge >= 0.3 is 0 Å². The van der Waals surface area contributed by atoms with Gasteiger partial charge in [-0.25, -0.2) is 0 Å². The van der Waals surface area contributed by atoms with Gasteiger partial charge in [-0.3, -0.25) is 0 Å². The molecule has 0 aromatic heterocycles. The molecule has 0 rings (SSSR count). The Labute approximate surface area is 63.2 Å². The predicted octanol–water partition coefficient (Wildman–Crippen LogP) is 2.60. The number of rotatable bonds is 4. The van der Waals surface area contributed by atoms with Gasteiger partial charge in [-0.2, -0.15) is 0 Å². The monoisotopic (exact) mass is 137 g/mol. The molecule has 10 heavy (non-hydrogen) atoms. The third kappa shape index (κ3) is 5.29. The highest BCUT2D eigenvalue weighted by molar-refractivity contribution is 5.59. The van der Waals surface area contributed by atoms with Gasteiger partial charge in [0.15, 0.2) is 0 Å². The third-order valence-electron chi connectivity index (χ3n) is 1.23. The second-order valence-corrected chi connectivity index (χ2v) is 2.09. The van der Waals surface area contributed by atoms with E-state index in [-0.39, 0.29) is 0 Å². The van der Waals surface area contributed by atoms with Gasteiger partial charge in [0.2, 0.25) is 0 Å². The molecule has 0 aromatic carbocycles. The van der Waals surface area contributed by atoms with Crippen LogP contribution >= 0.6 is 0 Å². The lowest BCUT2D eigenvalue weighted by Gasteiger charge is -1.88. The van der Waals surface area contributed by atoms with Crippen molar-refractivity contribution < 1.29 is 0 Å². The van der Waals surface area contributed by atoms with Crippen LogP contribution in [0.4, 0.5) is 0 Å². The first-order valence-corrected chi connectivity index (χ1v) is 3.56. The van der Waals surface area contributed by atoms with Crippen LogP contribution in [0, 0.1) is 0 Å². The van der Waals surface area contributed by atoms with Crippen LogP contribution in [-0.2, 0) is 0 Å². The fourth-order valence-corrected chi connectivity index (χ4v) is 0.519. The molecule has 0 aliphatic heterocycles. The van der Waals surface area contributed by atoms with Crippen molar-refractivity contribution in [2.24, 2.45) is 4.99 Å². The van der Waals surface area contributed by atoms with Crippen molar-refractivity contribution in [3.05, 3.63) is 24.3 Å². The molecule has 0 N–H and O–H groups in total. The molecule has 0 bridgehead atoms. The zero-order valence-electron chi connectivity index (χ0n) is 6.80. The summed E-state index contributed by atoms with van der Waals surface area (Å²) in [6, 6.07) is 0. The standard InChI is InChI=1S/C9H15N/c1-4-9(2)7-5-6-8-10-3/h5,7-8H,2,4,6H2,1,3H3/b7-5-,10-8?. The van der Waals surface area contributed by atoms with Gasteiger partial charge in [-0.15, -0.1) is 0 Å². The summed E-state index contributed by atoms with van der Waals surface area (Å²) in [4.78, 5) is 3.85. The molecule has 0 saturated heterocycles. The topological polar surface area (TPSA) is 12.4 Å². The molecule has 0 atom stereocenters. The first-order chi connectivity index (χ1) is 4.81. The highest BCUT2D eigenvalue weighted by Crippen LogP contribution is 1.97. The van der Waals surface area contributed by atoms with E-state index < -0.39 is 0 Å². The summed E-state index contributed by atoms with van der Waals surface area (Å²) in [7, 11) is 1.78. The van der Waals surface area contributed by atoms with Crippen molar-refractivity contribution in [1.82, 2.24) is 0 Å². The lowest BCUT2D eigenvalue weighted by atomic mass is 10.2. The summed E-state index contributed by atoms with van der Waals surface area (Å²) in [5, 5.41) is 0. The SMILES string of the molecule is C=C(/C=C\CC=NC)CC. The number of hydrogen-bond acceptors (Lipinski definition) is 1. The van der Waals surface area contributed by atoms with Gasteiger partial charge in [0.25, 0.3) is 0 Å². The summed E-state index contributed by atoms with van der Waals surface area (Å²) in [6.45, 7) is 5.94. The molecule has 0 unspecified atom stereocenters. The van der Waals surface area contributed by atoms with Crippen molar-refractivity contribution in [3.63, 3.8) is 0 Å². The maximum Gasteiger partial charge on any atom is 0.0273 e. The summed E-state index contributed by atoms with van der Waals surface area (Å²) in [6.07, 6.45) is 7.93. The highest BCUT2D eigenvalue weighted by atomic mass is 14.6. The molecular weight excluding hydrogens is 122 g/mol. The van der Waals surface area contributed by atoms with Gasteiger partial charge in [0.05, 0.1) is 0 Å². The zero-order valence-corrected chi connectivity index (χ0v) is 6.80. The first kappa shape index (κ1) is 9.15. The molecule has 0 aliphatic carbocycles. The van der Waals surface area contributed by atoms with Crippen LogP contribution in [0.2, 0.25) is 0 Å². The highest BCUT2D eigenvalue weighted by Gasteiger charge is 1.78. The average Bonchev–Trinajstić information content (AvgIpc) is 1.98. The van der Waals surface area contributed by atoms with Crippen LogP contribution in [0.3, 0.4) is 0 Å². The Morgan fingerprint density at radius 1 is 1.60 bits per heavy atom. The van der Waals surface area contributed by atoms with E-state index in [0.29, 0.717) is 0 Å². The summed E-state index contributed by atoms with van der Waals surface area (Å²) < 4.78 is 0. The molecule has 56 valence electrons. The molecule has 0 aliphatic rings. The first-order valence-electron chi connectivity index (χ1n) is 3.56. The minimum atomic E-state index is 0.912. The van der Waals surface area contributed by atoms with Crippen LogP contribution in [0.1, 0.15) is 19.8 Å². The molecule has 0 radical (unpaired) electrons. The largest absolute Gasteiger partial charge is 0.301 e. The number of hydrogen-bond donors (Lipinski definition) is 0. The van der Waals surface area contributed by atoms with E-state index in [1.54, 1.807) is 7.05 Å². The van der Waals surface area contributed by atoms with Crippen LogP contribution in [0.25, 0.3) is 0 Å². The van der Waals surface area contributed by atoms with E-state index in [4.69, 9.17) is 0 Å². The molecule has 0 spiro atoms. The number of nitrogens with zero attached hydrogens (tertiary/aromatic N) is 1. The smallest absolute Gasteiger partial charge is 0.0273 e. The maximum absolute atomic E-state index is 3.85. The molecule has 1 heteroatoms. The maximum atomic E-state index is 3.85. The van der Waals surface area contributed by atoms with Gasteiger partial charge in [0, 0.05) is 19.7 Å². The second-order valence-electron chi connectivity index (χ2n) is 2.09. The minimum absolute atomic E-state index is 0.912. The van der Waals surface area contributed by atoms with E-state index in [1.807, 2.05) is 12.3 Å². The fourth-order valence-electron chi connectivity index (χ4n) is 0.519. The van der Waals surface area contributed by atoms with Gasteiger partial charge in [-0.1, -0.05) is 31.2 Å². The molecule has 0 amide bonds. The zero-order chi connectivity index (χ0) is 7.82. The van der Waals surface area contributed by atoms with E-state index in [9.17, 15) is 0 Å². The fraction of sp³-hybridized carbons (Fsp3) is 0.444. The average molecular weight is 137 g/mol. The Balaban J connectivity index is 3.45. The molecule has 1 nitrogen and oxygen atoms in total. The lowest BCUT2D eigenvalue weighted by Crippen LogP contribution is -1.71. The Morgan fingerprint density at radius 3 is 2.80 bits per heavy atom. The summed E-state index contributed by atoms with van der Waals surface area (Å²) >= 11 is 0. The molecule has 0 aromatic rings. The van der Waals surface area contributed by atoms with Crippen molar-refractivity contribution in [1.29, 1.82) is 0 Å². The quantitative estimate of drug-likeness (QED) is 0.417. The van der Waals surface area contributed by atoms with E-state index in [2.05, 4.69) is 24.6 Å². The van der Waals surface area contributed by atoms with E-state index in [1.165, 1.54) is 5.57 Å². The van der Waals surface area contributed by atoms with E-state index >= 15 is 0 Å². The minimum Gasteiger partial charge on any atom is -0.301 e. The predicted molar refractivity (Wildman–Crippen MR) is 47.6 cm³/mol. The number of aliphatic imine (C=N–C) groups is 1.